The van der Waals surface area contributed by atoms with Crippen molar-refractivity contribution < 1.29 is 14.7 Å². The average Bonchev–Trinajstić information content (AvgIpc) is 2.87. The minimum absolute atomic E-state index is 0.220. The van der Waals surface area contributed by atoms with Crippen molar-refractivity contribution >= 4 is 17.7 Å². The van der Waals surface area contributed by atoms with Crippen LogP contribution in [0.15, 0.2) is 18.2 Å². The normalized spacial score (nSPS) is 17.6. The fraction of sp³-hybridized carbons (Fsp3) is 0.357. The lowest BCUT2D eigenvalue weighted by Crippen LogP contribution is -2.33. The molecule has 0 radical (unpaired) electrons. The van der Waals surface area contributed by atoms with Crippen molar-refractivity contribution in [2.75, 3.05) is 18.4 Å². The first-order chi connectivity index (χ1) is 9.49. The second kappa shape index (κ2) is 5.61. The number of carboxylic acids is 1. The lowest BCUT2D eigenvalue weighted by atomic mass is 10.1. The summed E-state index contributed by atoms with van der Waals surface area (Å²) in [6, 6.07) is 6.79. The topological polar surface area (TPSA) is 93.4 Å². The molecule has 0 aliphatic carbocycles. The number of aryl methyl sites for hydroxylation is 1. The van der Waals surface area contributed by atoms with Crippen LogP contribution in [0.5, 0.6) is 0 Å². The summed E-state index contributed by atoms with van der Waals surface area (Å²) in [7, 11) is 0. The molecule has 20 heavy (non-hydrogen) atoms. The minimum Gasteiger partial charge on any atom is -0.481 e. The van der Waals surface area contributed by atoms with Crippen LogP contribution < -0.4 is 5.32 Å². The highest BCUT2D eigenvalue weighted by Gasteiger charge is 2.30. The molecule has 1 atom stereocenters. The maximum absolute atomic E-state index is 12.0. The van der Waals surface area contributed by atoms with Crippen LogP contribution in [0.2, 0.25) is 0 Å². The van der Waals surface area contributed by atoms with Crippen LogP contribution in [0, 0.1) is 24.2 Å². The number of rotatable bonds is 2. The summed E-state index contributed by atoms with van der Waals surface area (Å²) in [4.78, 5) is 24.4. The van der Waals surface area contributed by atoms with Crippen molar-refractivity contribution in [3.05, 3.63) is 29.3 Å². The number of nitrogens with zero attached hydrogens (tertiary/aromatic N) is 2. The van der Waals surface area contributed by atoms with Gasteiger partial charge in [0.2, 0.25) is 0 Å². The number of likely N-dealkylation sites (tertiary alicyclic amines) is 1. The van der Waals surface area contributed by atoms with Gasteiger partial charge in [-0.15, -0.1) is 0 Å². The van der Waals surface area contributed by atoms with E-state index >= 15 is 0 Å². The number of hydrogen-bond donors (Lipinski definition) is 2. The number of aliphatic carboxylic acids is 1. The first kappa shape index (κ1) is 13.9. The van der Waals surface area contributed by atoms with Crippen LogP contribution in [0.3, 0.4) is 0 Å². The third-order valence-corrected chi connectivity index (χ3v) is 3.28. The van der Waals surface area contributed by atoms with Crippen molar-refractivity contribution in [1.82, 2.24) is 4.90 Å². The molecule has 1 aliphatic heterocycles. The van der Waals surface area contributed by atoms with E-state index in [0.29, 0.717) is 24.2 Å². The lowest BCUT2D eigenvalue weighted by Gasteiger charge is -2.17. The van der Waals surface area contributed by atoms with Gasteiger partial charge >= 0.3 is 12.0 Å². The molecule has 2 amide bonds. The van der Waals surface area contributed by atoms with Gasteiger partial charge in [-0.25, -0.2) is 4.79 Å². The molecule has 1 aromatic carbocycles. The zero-order chi connectivity index (χ0) is 14.7. The van der Waals surface area contributed by atoms with Gasteiger partial charge in [0.05, 0.1) is 17.6 Å². The molecule has 6 nitrogen and oxygen atoms in total. The summed E-state index contributed by atoms with van der Waals surface area (Å²) in [6.45, 7) is 2.49. The van der Waals surface area contributed by atoms with E-state index in [1.165, 1.54) is 4.90 Å². The predicted molar refractivity (Wildman–Crippen MR) is 72.2 cm³/mol. The largest absolute Gasteiger partial charge is 0.481 e. The molecule has 0 spiro atoms. The number of carbonyl (C=O) groups is 2. The van der Waals surface area contributed by atoms with Gasteiger partial charge in [-0.3, -0.25) is 4.79 Å². The van der Waals surface area contributed by atoms with Crippen LogP contribution in [0.4, 0.5) is 10.5 Å². The zero-order valence-electron chi connectivity index (χ0n) is 11.1. The number of anilines is 1. The maximum atomic E-state index is 12.0. The molecular formula is C14H15N3O3. The van der Waals surface area contributed by atoms with Gasteiger partial charge in [0.25, 0.3) is 0 Å². The van der Waals surface area contributed by atoms with Gasteiger partial charge < -0.3 is 15.3 Å². The Bertz CT molecular complexity index is 592. The van der Waals surface area contributed by atoms with Crippen molar-refractivity contribution in [2.45, 2.75) is 13.3 Å². The van der Waals surface area contributed by atoms with Crippen LogP contribution >= 0.6 is 0 Å². The van der Waals surface area contributed by atoms with Gasteiger partial charge in [0.15, 0.2) is 0 Å². The Balaban J connectivity index is 2.04. The highest BCUT2D eigenvalue weighted by molar-refractivity contribution is 5.90. The molecule has 0 bridgehead atoms. The molecule has 1 heterocycles. The minimum atomic E-state index is -0.873. The molecule has 1 fully saturated rings. The zero-order valence-corrected chi connectivity index (χ0v) is 11.1. The summed E-state index contributed by atoms with van der Waals surface area (Å²) >= 11 is 0. The van der Waals surface area contributed by atoms with Crippen molar-refractivity contribution in [3.8, 4) is 6.07 Å². The van der Waals surface area contributed by atoms with Crippen molar-refractivity contribution in [2.24, 2.45) is 5.92 Å². The number of urea groups is 1. The SMILES string of the molecule is Cc1cc(C#N)cc(NC(=O)N2CCC(C(=O)O)C2)c1. The number of amides is 2. The Hall–Kier alpha value is -2.55. The number of benzene rings is 1. The van der Waals surface area contributed by atoms with E-state index in [1.807, 2.05) is 13.0 Å². The molecule has 2 N–H and O–H groups in total. The van der Waals surface area contributed by atoms with E-state index < -0.39 is 11.9 Å². The summed E-state index contributed by atoms with van der Waals surface area (Å²) in [6.07, 6.45) is 0.472. The molecule has 0 saturated carbocycles. The van der Waals surface area contributed by atoms with E-state index in [4.69, 9.17) is 10.4 Å². The van der Waals surface area contributed by atoms with Crippen molar-refractivity contribution in [1.29, 1.82) is 5.26 Å². The third-order valence-electron chi connectivity index (χ3n) is 3.28. The van der Waals surface area contributed by atoms with Gasteiger partial charge in [0, 0.05) is 18.8 Å². The monoisotopic (exact) mass is 273 g/mol. The molecule has 1 aliphatic rings. The first-order valence-corrected chi connectivity index (χ1v) is 6.30. The lowest BCUT2D eigenvalue weighted by molar-refractivity contribution is -0.141. The van der Waals surface area contributed by atoms with E-state index in [0.717, 1.165) is 5.56 Å². The summed E-state index contributed by atoms with van der Waals surface area (Å²) < 4.78 is 0. The van der Waals surface area contributed by atoms with Crippen molar-refractivity contribution in [3.63, 3.8) is 0 Å². The van der Waals surface area contributed by atoms with Crippen LogP contribution in [0.25, 0.3) is 0 Å². The fourth-order valence-electron chi connectivity index (χ4n) is 2.27. The molecule has 6 heteroatoms. The Labute approximate surface area is 116 Å². The van der Waals surface area contributed by atoms with Gasteiger partial charge in [0.1, 0.15) is 0 Å². The standard InChI is InChI=1S/C14H15N3O3/c1-9-4-10(7-15)6-12(5-9)16-14(20)17-3-2-11(8-17)13(18)19/h4-6,11H,2-3,8H2,1H3,(H,16,20)(H,18,19). The Morgan fingerprint density at radius 2 is 2.20 bits per heavy atom. The van der Waals surface area contributed by atoms with Crippen LogP contribution in [-0.2, 0) is 4.79 Å². The van der Waals surface area contributed by atoms with Gasteiger partial charge in [-0.1, -0.05) is 0 Å². The Kier molecular flexibility index (Phi) is 3.89. The highest BCUT2D eigenvalue weighted by Crippen LogP contribution is 2.19. The smallest absolute Gasteiger partial charge is 0.321 e. The van der Waals surface area contributed by atoms with E-state index in [2.05, 4.69) is 5.32 Å². The number of carbonyl (C=O) groups excluding carboxylic acids is 1. The predicted octanol–water partition coefficient (Wildman–Crippen LogP) is 1.81. The molecule has 1 aromatic rings. The number of carboxylic acid groups (broad SMARTS) is 1. The number of hydrogen-bond acceptors (Lipinski definition) is 3. The van der Waals surface area contributed by atoms with Crippen LogP contribution in [-0.4, -0.2) is 35.1 Å². The molecule has 104 valence electrons. The Morgan fingerprint density at radius 1 is 1.45 bits per heavy atom. The summed E-state index contributed by atoms with van der Waals surface area (Å²) in [5.74, 6) is -1.37. The fourth-order valence-corrected chi connectivity index (χ4v) is 2.27. The van der Waals surface area contributed by atoms with E-state index in [1.54, 1.807) is 18.2 Å². The van der Waals surface area contributed by atoms with Crippen LogP contribution in [0.1, 0.15) is 17.5 Å². The number of nitriles is 1. The quantitative estimate of drug-likeness (QED) is 0.859. The summed E-state index contributed by atoms with van der Waals surface area (Å²) in [5, 5.41) is 20.5. The van der Waals surface area contributed by atoms with Gasteiger partial charge in [-0.2, -0.15) is 5.26 Å². The first-order valence-electron chi connectivity index (χ1n) is 6.30. The second-order valence-electron chi connectivity index (χ2n) is 4.90. The van der Waals surface area contributed by atoms with E-state index in [9.17, 15) is 9.59 Å². The second-order valence-corrected chi connectivity index (χ2v) is 4.90. The third kappa shape index (κ3) is 3.06. The van der Waals surface area contributed by atoms with E-state index in [-0.39, 0.29) is 12.6 Å². The Morgan fingerprint density at radius 3 is 2.80 bits per heavy atom. The highest BCUT2D eigenvalue weighted by atomic mass is 16.4. The molecule has 1 saturated heterocycles. The number of nitrogens with one attached hydrogen (secondary N) is 1. The van der Waals surface area contributed by atoms with Gasteiger partial charge in [-0.05, 0) is 37.1 Å². The molecule has 2 rings (SSSR count). The summed E-state index contributed by atoms with van der Waals surface area (Å²) in [5.41, 5.74) is 1.90. The molecule has 0 aromatic heterocycles. The maximum Gasteiger partial charge on any atom is 0.321 e. The average molecular weight is 273 g/mol. The molecule has 1 unspecified atom stereocenters. The molecular weight excluding hydrogens is 258 g/mol.